The first-order valence-corrected chi connectivity index (χ1v) is 9.69. The van der Waals surface area contributed by atoms with Crippen LogP contribution in [0.1, 0.15) is 20.8 Å². The first-order chi connectivity index (χ1) is 14.4. The molecule has 0 aliphatic heterocycles. The zero-order chi connectivity index (χ0) is 21.6. The van der Waals surface area contributed by atoms with Gasteiger partial charge in [-0.05, 0) is 42.0 Å². The van der Waals surface area contributed by atoms with Crippen LogP contribution in [-0.4, -0.2) is 29.3 Å². The number of hydroxylamine groups is 1. The van der Waals surface area contributed by atoms with Crippen LogP contribution < -0.4 is 15.5 Å². The van der Waals surface area contributed by atoms with E-state index in [1.807, 2.05) is 12.1 Å². The van der Waals surface area contributed by atoms with Gasteiger partial charge in [0.2, 0.25) is 0 Å². The van der Waals surface area contributed by atoms with Gasteiger partial charge in [-0.1, -0.05) is 12.1 Å². The highest BCUT2D eigenvalue weighted by Crippen LogP contribution is 2.31. The molecule has 0 unspecified atom stereocenters. The second kappa shape index (κ2) is 9.70. The lowest BCUT2D eigenvalue weighted by atomic mass is 10.2. The second-order valence-corrected chi connectivity index (χ2v) is 7.29. The van der Waals surface area contributed by atoms with Gasteiger partial charge >= 0.3 is 6.18 Å². The molecule has 30 heavy (non-hydrogen) atoms. The van der Waals surface area contributed by atoms with E-state index in [1.54, 1.807) is 23.8 Å². The Morgan fingerprint density at radius 1 is 1.17 bits per heavy atom. The number of benzene rings is 1. The number of nitrogens with zero attached hydrogens (tertiary/aromatic N) is 1. The van der Waals surface area contributed by atoms with Crippen LogP contribution in [-0.2, 0) is 12.7 Å². The van der Waals surface area contributed by atoms with E-state index in [2.05, 4.69) is 10.3 Å². The van der Waals surface area contributed by atoms with Crippen molar-refractivity contribution in [3.8, 4) is 16.3 Å². The number of hydrogen-bond donors (Lipinski definition) is 3. The minimum atomic E-state index is -4.40. The normalized spacial score (nSPS) is 11.3. The van der Waals surface area contributed by atoms with Crippen LogP contribution in [0, 0.1) is 0 Å². The number of rotatable bonds is 8. The molecule has 0 bridgehead atoms. The Balaban J connectivity index is 1.45. The molecular weight excluding hydrogens is 419 g/mol. The van der Waals surface area contributed by atoms with E-state index in [1.165, 1.54) is 23.5 Å². The van der Waals surface area contributed by atoms with E-state index in [0.717, 1.165) is 22.6 Å². The molecule has 0 saturated heterocycles. The van der Waals surface area contributed by atoms with Crippen LogP contribution in [0.4, 0.5) is 13.2 Å². The summed E-state index contributed by atoms with van der Waals surface area (Å²) in [6.45, 7) is 1.18. The molecule has 0 fully saturated rings. The maximum absolute atomic E-state index is 12.7. The van der Waals surface area contributed by atoms with Gasteiger partial charge in [0, 0.05) is 19.3 Å². The fourth-order valence-corrected chi connectivity index (χ4v) is 3.44. The first kappa shape index (κ1) is 21.8. The lowest BCUT2D eigenvalue weighted by Gasteiger charge is -2.10. The number of amides is 1. The summed E-state index contributed by atoms with van der Waals surface area (Å²) in [6, 6.07) is 11.8. The summed E-state index contributed by atoms with van der Waals surface area (Å²) in [7, 11) is 0. The molecule has 6 nitrogen and oxygen atoms in total. The van der Waals surface area contributed by atoms with Crippen molar-refractivity contribution in [1.29, 1.82) is 0 Å². The number of nitrogens with one attached hydrogen (secondary N) is 2. The summed E-state index contributed by atoms with van der Waals surface area (Å²) >= 11 is 1.21. The van der Waals surface area contributed by atoms with E-state index in [4.69, 9.17) is 9.94 Å². The lowest BCUT2D eigenvalue weighted by molar-refractivity contribution is -0.137. The van der Waals surface area contributed by atoms with Crippen molar-refractivity contribution in [3.63, 3.8) is 0 Å². The third kappa shape index (κ3) is 5.78. The van der Waals surface area contributed by atoms with Crippen LogP contribution >= 0.6 is 11.3 Å². The Kier molecular flexibility index (Phi) is 7.03. The number of aromatic nitrogens is 1. The minimum Gasteiger partial charge on any atom is -0.492 e. The lowest BCUT2D eigenvalue weighted by Crippen LogP contribution is -2.20. The van der Waals surface area contributed by atoms with Crippen LogP contribution in [0.2, 0.25) is 0 Å². The van der Waals surface area contributed by atoms with Gasteiger partial charge in [0.25, 0.3) is 5.91 Å². The fourth-order valence-electron chi connectivity index (χ4n) is 2.56. The molecule has 0 aliphatic rings. The Labute approximate surface area is 174 Å². The van der Waals surface area contributed by atoms with Crippen molar-refractivity contribution in [2.45, 2.75) is 12.7 Å². The van der Waals surface area contributed by atoms with Gasteiger partial charge in [-0.15, -0.1) is 11.3 Å². The van der Waals surface area contributed by atoms with Crippen molar-refractivity contribution < 1.29 is 27.9 Å². The van der Waals surface area contributed by atoms with Crippen LogP contribution in [0.15, 0.2) is 54.7 Å². The molecule has 0 atom stereocenters. The van der Waals surface area contributed by atoms with E-state index in [9.17, 15) is 18.0 Å². The monoisotopic (exact) mass is 437 g/mol. The maximum atomic E-state index is 12.7. The third-order valence-electron chi connectivity index (χ3n) is 4.05. The third-order valence-corrected chi connectivity index (χ3v) is 5.15. The van der Waals surface area contributed by atoms with E-state index >= 15 is 0 Å². The van der Waals surface area contributed by atoms with Crippen molar-refractivity contribution in [2.24, 2.45) is 0 Å². The molecule has 1 amide bonds. The maximum Gasteiger partial charge on any atom is 0.416 e. The molecule has 0 spiro atoms. The van der Waals surface area contributed by atoms with Gasteiger partial charge < -0.3 is 10.1 Å². The van der Waals surface area contributed by atoms with Gasteiger partial charge in [0.05, 0.1) is 21.0 Å². The molecule has 0 saturated carbocycles. The predicted octanol–water partition coefficient (Wildman–Crippen LogP) is 4.12. The van der Waals surface area contributed by atoms with Crippen molar-refractivity contribution in [3.05, 3.63) is 70.7 Å². The van der Waals surface area contributed by atoms with Crippen LogP contribution in [0.25, 0.3) is 10.6 Å². The highest BCUT2D eigenvalue weighted by atomic mass is 32.1. The van der Waals surface area contributed by atoms with Crippen molar-refractivity contribution in [2.75, 3.05) is 13.2 Å². The number of halogens is 3. The molecule has 3 aromatic rings. The first-order valence-electron chi connectivity index (χ1n) is 8.87. The SMILES string of the molecule is O=C(NO)c1ccc(-c2ccc(CNCCOc3cccc(C(F)(F)F)c3)cn2)s1. The molecular formula is C20H18F3N3O3S. The summed E-state index contributed by atoms with van der Waals surface area (Å²) in [4.78, 5) is 16.9. The molecule has 0 aliphatic carbocycles. The number of pyridine rings is 1. The molecule has 3 rings (SSSR count). The zero-order valence-corrected chi connectivity index (χ0v) is 16.4. The Morgan fingerprint density at radius 3 is 2.70 bits per heavy atom. The van der Waals surface area contributed by atoms with Crippen molar-refractivity contribution in [1.82, 2.24) is 15.8 Å². The number of carbonyl (C=O) groups is 1. The summed E-state index contributed by atoms with van der Waals surface area (Å²) in [6.07, 6.45) is -2.70. The average Bonchev–Trinajstić information content (AvgIpc) is 3.23. The van der Waals surface area contributed by atoms with E-state index in [-0.39, 0.29) is 12.4 Å². The topological polar surface area (TPSA) is 83.5 Å². The second-order valence-electron chi connectivity index (χ2n) is 6.21. The number of carbonyl (C=O) groups excluding carboxylic acids is 1. The largest absolute Gasteiger partial charge is 0.492 e. The van der Waals surface area contributed by atoms with Gasteiger partial charge in [-0.2, -0.15) is 13.2 Å². The summed E-state index contributed by atoms with van der Waals surface area (Å²) < 4.78 is 43.4. The van der Waals surface area contributed by atoms with Crippen molar-refractivity contribution >= 4 is 17.2 Å². The molecule has 0 radical (unpaired) electrons. The molecule has 1 aromatic carbocycles. The fraction of sp³-hybridized carbons (Fsp3) is 0.200. The summed E-state index contributed by atoms with van der Waals surface area (Å²) in [5, 5.41) is 11.8. The zero-order valence-electron chi connectivity index (χ0n) is 15.6. The molecule has 158 valence electrons. The molecule has 10 heteroatoms. The number of ether oxygens (including phenoxy) is 1. The predicted molar refractivity (Wildman–Crippen MR) is 105 cm³/mol. The van der Waals surface area contributed by atoms with Gasteiger partial charge in [-0.25, -0.2) is 5.48 Å². The van der Waals surface area contributed by atoms with E-state index in [0.29, 0.717) is 23.7 Å². The Morgan fingerprint density at radius 2 is 2.00 bits per heavy atom. The standard InChI is InChI=1S/C20H18F3N3O3S/c21-20(22,23)14-2-1-3-15(10-14)29-9-8-24-11-13-4-5-16(25-12-13)17-6-7-18(30-17)19(27)26-28/h1-7,10,12,24,28H,8-9,11H2,(H,26,27). The summed E-state index contributed by atoms with van der Waals surface area (Å²) in [5.41, 5.74) is 2.47. The molecule has 2 aromatic heterocycles. The number of hydrogen-bond acceptors (Lipinski definition) is 6. The Hall–Kier alpha value is -2.95. The molecule has 3 N–H and O–H groups in total. The minimum absolute atomic E-state index is 0.169. The highest BCUT2D eigenvalue weighted by molar-refractivity contribution is 7.17. The summed E-state index contributed by atoms with van der Waals surface area (Å²) in [5.74, 6) is -0.401. The van der Waals surface area contributed by atoms with Crippen LogP contribution in [0.5, 0.6) is 5.75 Å². The van der Waals surface area contributed by atoms with Crippen LogP contribution in [0.3, 0.4) is 0 Å². The van der Waals surface area contributed by atoms with Gasteiger partial charge in [-0.3, -0.25) is 15.0 Å². The smallest absolute Gasteiger partial charge is 0.416 e. The molecule has 2 heterocycles. The van der Waals surface area contributed by atoms with Gasteiger partial charge in [0.1, 0.15) is 12.4 Å². The Bertz CT molecular complexity index is 991. The van der Waals surface area contributed by atoms with Gasteiger partial charge in [0.15, 0.2) is 0 Å². The number of alkyl halides is 3. The highest BCUT2D eigenvalue weighted by Gasteiger charge is 2.30. The quantitative estimate of drug-likeness (QED) is 0.281. The average molecular weight is 437 g/mol. The van der Waals surface area contributed by atoms with E-state index < -0.39 is 17.6 Å². The number of thiophene rings is 1.